The molecule has 3 heteroatoms. The Kier molecular flexibility index (Phi) is 2.92. The maximum atomic E-state index is 12.3. The molecule has 2 aliphatic heterocycles. The van der Waals surface area contributed by atoms with Crippen LogP contribution in [0.5, 0.6) is 0 Å². The number of piperidine rings is 1. The summed E-state index contributed by atoms with van der Waals surface area (Å²) in [6, 6.07) is 7.76. The summed E-state index contributed by atoms with van der Waals surface area (Å²) >= 11 is 0. The summed E-state index contributed by atoms with van der Waals surface area (Å²) in [6.07, 6.45) is 2.29. The predicted molar refractivity (Wildman–Crippen MR) is 72.1 cm³/mol. The molecule has 0 unspecified atom stereocenters. The Morgan fingerprint density at radius 1 is 1.22 bits per heavy atom. The summed E-state index contributed by atoms with van der Waals surface area (Å²) < 4.78 is 0. The van der Waals surface area contributed by atoms with Crippen LogP contribution in [-0.4, -0.2) is 30.4 Å². The quantitative estimate of drug-likeness (QED) is 0.861. The van der Waals surface area contributed by atoms with E-state index < -0.39 is 0 Å². The van der Waals surface area contributed by atoms with Gasteiger partial charge in [-0.2, -0.15) is 0 Å². The van der Waals surface area contributed by atoms with E-state index in [1.165, 1.54) is 0 Å². The molecule has 1 saturated heterocycles. The number of hydrogen-bond donors (Lipinski definition) is 1. The minimum absolute atomic E-state index is 0.120. The van der Waals surface area contributed by atoms with Gasteiger partial charge in [0.1, 0.15) is 0 Å². The molecule has 94 valence electrons. The van der Waals surface area contributed by atoms with Gasteiger partial charge in [-0.1, -0.05) is 24.8 Å². The van der Waals surface area contributed by atoms with E-state index in [0.29, 0.717) is 5.92 Å². The number of carbonyl (C=O) groups excluding carboxylic acids is 1. The van der Waals surface area contributed by atoms with Gasteiger partial charge in [0.25, 0.3) is 5.91 Å². The summed E-state index contributed by atoms with van der Waals surface area (Å²) in [6.45, 7) is 7.02. The van der Waals surface area contributed by atoms with Crippen LogP contribution >= 0.6 is 0 Å². The van der Waals surface area contributed by atoms with Gasteiger partial charge < -0.3 is 10.2 Å². The second kappa shape index (κ2) is 4.58. The summed E-state index contributed by atoms with van der Waals surface area (Å²) in [5.74, 6) is 0.718. The Bertz CT molecular complexity index is 454. The molecule has 3 rings (SSSR count). The topological polar surface area (TPSA) is 32.3 Å². The zero-order valence-corrected chi connectivity index (χ0v) is 10.5. The molecule has 0 radical (unpaired) electrons. The molecule has 1 amide bonds. The Morgan fingerprint density at radius 2 is 1.89 bits per heavy atom. The molecule has 1 aromatic carbocycles. The van der Waals surface area contributed by atoms with Gasteiger partial charge in [-0.25, -0.2) is 0 Å². The SMILES string of the molecule is C=C1c2ccccc2C(=O)N1CC1CCNCC1. The van der Waals surface area contributed by atoms with Gasteiger partial charge in [-0.15, -0.1) is 0 Å². The molecule has 2 aliphatic rings. The molecule has 0 spiro atoms. The molecule has 1 aromatic rings. The monoisotopic (exact) mass is 242 g/mol. The highest BCUT2D eigenvalue weighted by Gasteiger charge is 2.32. The minimum atomic E-state index is 0.120. The first-order valence-electron chi connectivity index (χ1n) is 6.58. The van der Waals surface area contributed by atoms with Crippen LogP contribution in [0.25, 0.3) is 5.70 Å². The van der Waals surface area contributed by atoms with Crippen molar-refractivity contribution >= 4 is 11.6 Å². The van der Waals surface area contributed by atoms with Crippen molar-refractivity contribution in [3.63, 3.8) is 0 Å². The van der Waals surface area contributed by atoms with E-state index in [0.717, 1.165) is 49.3 Å². The van der Waals surface area contributed by atoms with Gasteiger partial charge in [0.2, 0.25) is 0 Å². The second-order valence-corrected chi connectivity index (χ2v) is 5.10. The summed E-state index contributed by atoms with van der Waals surface area (Å²) in [5, 5.41) is 3.35. The van der Waals surface area contributed by atoms with Gasteiger partial charge in [-0.05, 0) is 37.9 Å². The summed E-state index contributed by atoms with van der Waals surface area (Å²) in [7, 11) is 0. The average molecular weight is 242 g/mol. The molecule has 1 N–H and O–H groups in total. The number of rotatable bonds is 2. The number of benzene rings is 1. The number of nitrogens with one attached hydrogen (secondary N) is 1. The van der Waals surface area contributed by atoms with E-state index in [1.54, 1.807) is 0 Å². The third kappa shape index (κ3) is 1.85. The third-order valence-corrected chi connectivity index (χ3v) is 3.94. The van der Waals surface area contributed by atoms with Gasteiger partial charge in [0.15, 0.2) is 0 Å². The highest BCUT2D eigenvalue weighted by Crippen LogP contribution is 2.32. The lowest BCUT2D eigenvalue weighted by molar-refractivity contribution is 0.0826. The van der Waals surface area contributed by atoms with Crippen LogP contribution in [0.3, 0.4) is 0 Å². The van der Waals surface area contributed by atoms with Crippen LogP contribution in [0.15, 0.2) is 30.8 Å². The molecule has 0 atom stereocenters. The van der Waals surface area contributed by atoms with E-state index in [9.17, 15) is 4.79 Å². The smallest absolute Gasteiger partial charge is 0.258 e. The van der Waals surface area contributed by atoms with Crippen LogP contribution in [0.2, 0.25) is 0 Å². The second-order valence-electron chi connectivity index (χ2n) is 5.10. The Labute approximate surface area is 107 Å². The van der Waals surface area contributed by atoms with Crippen LogP contribution in [0, 0.1) is 5.92 Å². The fourth-order valence-corrected chi connectivity index (χ4v) is 2.85. The molecule has 0 saturated carbocycles. The molecule has 0 aliphatic carbocycles. The summed E-state index contributed by atoms with van der Waals surface area (Å²) in [5.41, 5.74) is 2.67. The van der Waals surface area contributed by atoms with Crippen LogP contribution in [-0.2, 0) is 0 Å². The maximum Gasteiger partial charge on any atom is 0.258 e. The highest BCUT2D eigenvalue weighted by atomic mass is 16.2. The van der Waals surface area contributed by atoms with E-state index in [-0.39, 0.29) is 5.91 Å². The van der Waals surface area contributed by atoms with Crippen molar-refractivity contribution in [1.82, 2.24) is 10.2 Å². The van der Waals surface area contributed by atoms with Gasteiger partial charge in [-0.3, -0.25) is 4.79 Å². The first kappa shape index (κ1) is 11.5. The lowest BCUT2D eigenvalue weighted by Crippen LogP contribution is -2.35. The Morgan fingerprint density at radius 3 is 2.56 bits per heavy atom. The molecule has 3 nitrogen and oxygen atoms in total. The molecular weight excluding hydrogens is 224 g/mol. The molecular formula is C15H18N2O. The molecule has 0 bridgehead atoms. The largest absolute Gasteiger partial charge is 0.317 e. The van der Waals surface area contributed by atoms with Crippen molar-refractivity contribution in [2.75, 3.05) is 19.6 Å². The van der Waals surface area contributed by atoms with Crippen molar-refractivity contribution in [3.8, 4) is 0 Å². The van der Waals surface area contributed by atoms with Crippen molar-refractivity contribution in [2.45, 2.75) is 12.8 Å². The first-order valence-corrected chi connectivity index (χ1v) is 6.58. The zero-order chi connectivity index (χ0) is 12.5. The van der Waals surface area contributed by atoms with E-state index in [2.05, 4.69) is 11.9 Å². The van der Waals surface area contributed by atoms with Gasteiger partial charge in [0.05, 0.1) is 0 Å². The van der Waals surface area contributed by atoms with E-state index in [4.69, 9.17) is 0 Å². The minimum Gasteiger partial charge on any atom is -0.317 e. The lowest BCUT2D eigenvalue weighted by atomic mass is 9.97. The molecule has 18 heavy (non-hydrogen) atoms. The normalized spacial score (nSPS) is 20.3. The van der Waals surface area contributed by atoms with Crippen molar-refractivity contribution < 1.29 is 4.79 Å². The van der Waals surface area contributed by atoms with Crippen LogP contribution in [0.1, 0.15) is 28.8 Å². The fourth-order valence-electron chi connectivity index (χ4n) is 2.85. The zero-order valence-electron chi connectivity index (χ0n) is 10.5. The number of carbonyl (C=O) groups is 1. The molecule has 0 aromatic heterocycles. The Balaban J connectivity index is 1.79. The summed E-state index contributed by atoms with van der Waals surface area (Å²) in [4.78, 5) is 14.2. The highest BCUT2D eigenvalue weighted by molar-refractivity contribution is 6.08. The van der Waals surface area contributed by atoms with E-state index in [1.807, 2.05) is 29.2 Å². The van der Waals surface area contributed by atoms with Crippen molar-refractivity contribution in [2.24, 2.45) is 5.92 Å². The first-order chi connectivity index (χ1) is 8.77. The van der Waals surface area contributed by atoms with Gasteiger partial charge >= 0.3 is 0 Å². The number of amides is 1. The van der Waals surface area contributed by atoms with Crippen LogP contribution in [0.4, 0.5) is 0 Å². The Hall–Kier alpha value is -1.61. The maximum absolute atomic E-state index is 12.3. The predicted octanol–water partition coefficient (Wildman–Crippen LogP) is 2.11. The van der Waals surface area contributed by atoms with Crippen LogP contribution < -0.4 is 5.32 Å². The standard InChI is InChI=1S/C15H18N2O/c1-11-13-4-2-3-5-14(13)15(18)17(11)10-12-6-8-16-9-7-12/h2-5,12,16H,1,6-10H2. The number of fused-ring (bicyclic) bond motifs is 1. The molecule has 1 fully saturated rings. The molecule has 2 heterocycles. The lowest BCUT2D eigenvalue weighted by Gasteiger charge is -2.27. The van der Waals surface area contributed by atoms with Gasteiger partial charge in [0, 0.05) is 23.4 Å². The third-order valence-electron chi connectivity index (χ3n) is 3.94. The number of nitrogens with zero attached hydrogens (tertiary/aromatic N) is 1. The van der Waals surface area contributed by atoms with Crippen molar-refractivity contribution in [3.05, 3.63) is 42.0 Å². The van der Waals surface area contributed by atoms with Crippen molar-refractivity contribution in [1.29, 1.82) is 0 Å². The fraction of sp³-hybridized carbons (Fsp3) is 0.400. The number of hydrogen-bond acceptors (Lipinski definition) is 2. The average Bonchev–Trinajstić information content (AvgIpc) is 2.66. The van der Waals surface area contributed by atoms with E-state index >= 15 is 0 Å².